The predicted octanol–water partition coefficient (Wildman–Crippen LogP) is 2.25. The summed E-state index contributed by atoms with van der Waals surface area (Å²) in [6, 6.07) is 6.64. The van der Waals surface area contributed by atoms with Crippen LogP contribution in [0.5, 0.6) is 0 Å². The van der Waals surface area contributed by atoms with Crippen LogP contribution in [0, 0.1) is 0 Å². The molecule has 4 nitrogen and oxygen atoms in total. The van der Waals surface area contributed by atoms with Crippen LogP contribution in [-0.4, -0.2) is 23.4 Å². The topological polar surface area (TPSA) is 49.4 Å². The van der Waals surface area contributed by atoms with E-state index in [1.807, 2.05) is 0 Å². The van der Waals surface area contributed by atoms with Gasteiger partial charge in [0.05, 0.1) is 0 Å². The third-order valence-corrected chi connectivity index (χ3v) is 2.71. The molecule has 0 atom stereocenters. The molecule has 1 aromatic rings. The average molecular weight is 251 g/mol. The maximum absolute atomic E-state index is 11.8. The number of carbonyl (C=O) groups is 2. The van der Waals surface area contributed by atoms with Crippen molar-refractivity contribution in [1.82, 2.24) is 10.2 Å². The van der Waals surface area contributed by atoms with Crippen LogP contribution in [0.4, 0.5) is 4.79 Å². The predicted molar refractivity (Wildman–Crippen MR) is 65.3 cm³/mol. The molecule has 1 aliphatic rings. The van der Waals surface area contributed by atoms with Crippen LogP contribution in [-0.2, 0) is 4.79 Å². The van der Waals surface area contributed by atoms with Gasteiger partial charge >= 0.3 is 6.03 Å². The SMILES string of the molecule is CCN1C(=O)NC(=Cc2ccc(Cl)cc2)C1=O. The van der Waals surface area contributed by atoms with Gasteiger partial charge in [-0.05, 0) is 30.7 Å². The van der Waals surface area contributed by atoms with Gasteiger partial charge in [0.2, 0.25) is 0 Å². The Morgan fingerprint density at radius 2 is 1.94 bits per heavy atom. The minimum atomic E-state index is -0.377. The molecular weight excluding hydrogens is 240 g/mol. The van der Waals surface area contributed by atoms with Crippen molar-refractivity contribution >= 4 is 29.6 Å². The van der Waals surface area contributed by atoms with E-state index in [4.69, 9.17) is 11.6 Å². The van der Waals surface area contributed by atoms with Crippen molar-refractivity contribution in [1.29, 1.82) is 0 Å². The number of urea groups is 1. The minimum Gasteiger partial charge on any atom is -0.303 e. The zero-order valence-electron chi connectivity index (χ0n) is 9.24. The number of benzene rings is 1. The summed E-state index contributed by atoms with van der Waals surface area (Å²) in [4.78, 5) is 24.3. The third-order valence-electron chi connectivity index (χ3n) is 2.46. The van der Waals surface area contributed by atoms with E-state index in [0.717, 1.165) is 10.5 Å². The third kappa shape index (κ3) is 2.31. The number of halogens is 1. The van der Waals surface area contributed by atoms with Gasteiger partial charge < -0.3 is 5.32 Å². The first kappa shape index (κ1) is 11.7. The van der Waals surface area contributed by atoms with Crippen molar-refractivity contribution in [2.45, 2.75) is 6.92 Å². The molecule has 0 saturated carbocycles. The lowest BCUT2D eigenvalue weighted by atomic mass is 10.2. The molecule has 0 aromatic heterocycles. The van der Waals surface area contributed by atoms with E-state index in [-0.39, 0.29) is 11.9 Å². The van der Waals surface area contributed by atoms with Crippen molar-refractivity contribution in [2.75, 3.05) is 6.54 Å². The summed E-state index contributed by atoms with van der Waals surface area (Å²) >= 11 is 5.76. The lowest BCUT2D eigenvalue weighted by Crippen LogP contribution is -2.30. The quantitative estimate of drug-likeness (QED) is 0.647. The van der Waals surface area contributed by atoms with Crippen LogP contribution in [0.1, 0.15) is 12.5 Å². The Morgan fingerprint density at radius 3 is 2.47 bits per heavy atom. The van der Waals surface area contributed by atoms with Crippen molar-refractivity contribution in [3.63, 3.8) is 0 Å². The van der Waals surface area contributed by atoms with Crippen molar-refractivity contribution in [2.24, 2.45) is 0 Å². The standard InChI is InChI=1S/C12H11ClN2O2/c1-2-15-11(16)10(14-12(15)17)7-8-3-5-9(13)6-4-8/h3-7H,2H2,1H3,(H,14,17). The Morgan fingerprint density at radius 1 is 1.29 bits per heavy atom. The van der Waals surface area contributed by atoms with Gasteiger partial charge in [-0.3, -0.25) is 9.69 Å². The number of amides is 3. The molecule has 3 amide bonds. The average Bonchev–Trinajstić information content (AvgIpc) is 2.57. The highest BCUT2D eigenvalue weighted by molar-refractivity contribution is 6.30. The minimum absolute atomic E-state index is 0.291. The first-order valence-corrected chi connectivity index (χ1v) is 5.59. The maximum Gasteiger partial charge on any atom is 0.328 e. The van der Waals surface area contributed by atoms with E-state index >= 15 is 0 Å². The highest BCUT2D eigenvalue weighted by atomic mass is 35.5. The van der Waals surface area contributed by atoms with E-state index in [1.54, 1.807) is 37.3 Å². The number of hydrogen-bond donors (Lipinski definition) is 1. The highest BCUT2D eigenvalue weighted by Crippen LogP contribution is 2.15. The molecule has 5 heteroatoms. The molecule has 0 bridgehead atoms. The molecule has 1 heterocycles. The molecular formula is C12H11ClN2O2. The number of hydrogen-bond acceptors (Lipinski definition) is 2. The normalized spacial score (nSPS) is 17.8. The fraction of sp³-hybridized carbons (Fsp3) is 0.167. The summed E-state index contributed by atoms with van der Waals surface area (Å²) in [6.45, 7) is 2.12. The summed E-state index contributed by atoms with van der Waals surface area (Å²) in [5.74, 6) is -0.299. The van der Waals surface area contributed by atoms with Gasteiger partial charge in [-0.1, -0.05) is 23.7 Å². The summed E-state index contributed by atoms with van der Waals surface area (Å²) in [7, 11) is 0. The van der Waals surface area contributed by atoms with Gasteiger partial charge in [0.15, 0.2) is 0 Å². The zero-order valence-corrected chi connectivity index (χ0v) is 9.99. The van der Waals surface area contributed by atoms with Crippen molar-refractivity contribution in [3.05, 3.63) is 40.5 Å². The van der Waals surface area contributed by atoms with Crippen molar-refractivity contribution < 1.29 is 9.59 Å². The number of carbonyl (C=O) groups excluding carboxylic acids is 2. The highest BCUT2D eigenvalue weighted by Gasteiger charge is 2.31. The monoisotopic (exact) mass is 250 g/mol. The Balaban J connectivity index is 2.27. The largest absolute Gasteiger partial charge is 0.328 e. The molecule has 1 aromatic carbocycles. The summed E-state index contributed by atoms with van der Waals surface area (Å²) < 4.78 is 0. The molecule has 88 valence electrons. The molecule has 1 saturated heterocycles. The Kier molecular flexibility index (Phi) is 3.15. The molecule has 0 aliphatic carbocycles. The van der Waals surface area contributed by atoms with E-state index < -0.39 is 0 Å². The maximum atomic E-state index is 11.8. The lowest BCUT2D eigenvalue weighted by Gasteiger charge is -2.05. The smallest absolute Gasteiger partial charge is 0.303 e. The Bertz CT molecular complexity index is 494. The van der Waals surface area contributed by atoms with Gasteiger partial charge in [-0.2, -0.15) is 0 Å². The second-order valence-corrected chi connectivity index (χ2v) is 4.03. The van der Waals surface area contributed by atoms with Crippen LogP contribution >= 0.6 is 11.6 Å². The van der Waals surface area contributed by atoms with Gasteiger partial charge in [-0.25, -0.2) is 4.79 Å². The number of likely N-dealkylation sites (N-methyl/N-ethyl adjacent to an activating group) is 1. The molecule has 2 rings (SSSR count). The molecule has 1 N–H and O–H groups in total. The van der Waals surface area contributed by atoms with Crippen LogP contribution in [0.15, 0.2) is 30.0 Å². The number of nitrogens with zero attached hydrogens (tertiary/aromatic N) is 1. The second-order valence-electron chi connectivity index (χ2n) is 3.59. The summed E-state index contributed by atoms with van der Waals surface area (Å²) in [5, 5.41) is 3.16. The molecule has 0 radical (unpaired) electrons. The number of nitrogens with one attached hydrogen (secondary N) is 1. The van der Waals surface area contributed by atoms with E-state index in [1.165, 1.54) is 0 Å². The molecule has 0 unspecified atom stereocenters. The van der Waals surface area contributed by atoms with Crippen LogP contribution in [0.3, 0.4) is 0 Å². The van der Waals surface area contributed by atoms with Gasteiger partial charge in [-0.15, -0.1) is 0 Å². The van der Waals surface area contributed by atoms with Gasteiger partial charge in [0, 0.05) is 11.6 Å². The van der Waals surface area contributed by atoms with Crippen LogP contribution in [0.25, 0.3) is 6.08 Å². The van der Waals surface area contributed by atoms with E-state index in [9.17, 15) is 9.59 Å². The van der Waals surface area contributed by atoms with Gasteiger partial charge in [0.1, 0.15) is 5.70 Å². The lowest BCUT2D eigenvalue weighted by molar-refractivity contribution is -0.122. The molecule has 1 aliphatic heterocycles. The Hall–Kier alpha value is -1.81. The van der Waals surface area contributed by atoms with Gasteiger partial charge in [0.25, 0.3) is 5.91 Å². The van der Waals surface area contributed by atoms with E-state index in [0.29, 0.717) is 17.3 Å². The van der Waals surface area contributed by atoms with Crippen molar-refractivity contribution in [3.8, 4) is 0 Å². The molecule has 17 heavy (non-hydrogen) atoms. The fourth-order valence-corrected chi connectivity index (χ4v) is 1.71. The number of imide groups is 1. The first-order chi connectivity index (χ1) is 8.11. The molecule has 0 spiro atoms. The number of rotatable bonds is 2. The first-order valence-electron chi connectivity index (χ1n) is 5.22. The second kappa shape index (κ2) is 4.59. The van der Waals surface area contributed by atoms with Crippen LogP contribution in [0.2, 0.25) is 5.02 Å². The summed E-state index contributed by atoms with van der Waals surface area (Å²) in [6.07, 6.45) is 1.63. The molecule has 1 fully saturated rings. The van der Waals surface area contributed by atoms with Crippen LogP contribution < -0.4 is 5.32 Å². The summed E-state index contributed by atoms with van der Waals surface area (Å²) in [5.41, 5.74) is 1.11. The fourth-order valence-electron chi connectivity index (χ4n) is 1.58. The zero-order chi connectivity index (χ0) is 12.4. The Labute approximate surface area is 104 Å². The van der Waals surface area contributed by atoms with E-state index in [2.05, 4.69) is 5.32 Å².